The number of carboxylic acids is 1. The van der Waals surface area contributed by atoms with E-state index in [1.54, 1.807) is 0 Å². The van der Waals surface area contributed by atoms with Gasteiger partial charge in [-0.05, 0) is 31.7 Å². The zero-order valence-corrected chi connectivity index (χ0v) is 10.4. The molecular formula is C12H24N2O2. The molecule has 0 aromatic heterocycles. The normalized spacial score (nSPS) is 28.9. The second-order valence-corrected chi connectivity index (χ2v) is 4.90. The molecular weight excluding hydrogens is 204 g/mol. The van der Waals surface area contributed by atoms with Gasteiger partial charge < -0.3 is 10.8 Å². The number of aliphatic carboxylic acids is 1. The first-order chi connectivity index (χ1) is 7.60. The van der Waals surface area contributed by atoms with Crippen LogP contribution in [0.5, 0.6) is 0 Å². The fraction of sp³-hybridized carbons (Fsp3) is 0.917. The largest absolute Gasteiger partial charge is 0.480 e. The first kappa shape index (κ1) is 13.5. The number of nitrogens with zero attached hydrogens (tertiary/aromatic N) is 1. The zero-order chi connectivity index (χ0) is 12.1. The van der Waals surface area contributed by atoms with Crippen molar-refractivity contribution in [1.29, 1.82) is 0 Å². The third kappa shape index (κ3) is 3.19. The number of hydrogen-bond acceptors (Lipinski definition) is 3. The molecule has 0 amide bonds. The Morgan fingerprint density at radius 1 is 1.62 bits per heavy atom. The van der Waals surface area contributed by atoms with Crippen LogP contribution < -0.4 is 5.73 Å². The number of carboxylic acid groups (broad SMARTS) is 1. The summed E-state index contributed by atoms with van der Waals surface area (Å²) < 4.78 is 0. The first-order valence-corrected chi connectivity index (χ1v) is 6.28. The topological polar surface area (TPSA) is 66.6 Å². The molecule has 1 aliphatic rings. The summed E-state index contributed by atoms with van der Waals surface area (Å²) in [7, 11) is 0. The second-order valence-electron chi connectivity index (χ2n) is 4.90. The van der Waals surface area contributed by atoms with Gasteiger partial charge in [0, 0.05) is 12.6 Å². The summed E-state index contributed by atoms with van der Waals surface area (Å²) in [5.74, 6) is -0.0317. The van der Waals surface area contributed by atoms with E-state index in [1.165, 1.54) is 0 Å². The molecule has 1 rings (SSSR count). The summed E-state index contributed by atoms with van der Waals surface area (Å²) in [6.07, 6.45) is 3.74. The van der Waals surface area contributed by atoms with Crippen molar-refractivity contribution in [2.24, 2.45) is 11.7 Å². The summed E-state index contributed by atoms with van der Waals surface area (Å²) in [6, 6.07) is -0.0950. The van der Waals surface area contributed by atoms with Crippen molar-refractivity contribution in [3.8, 4) is 0 Å². The van der Waals surface area contributed by atoms with Crippen LogP contribution in [0.25, 0.3) is 0 Å². The Morgan fingerprint density at radius 2 is 2.31 bits per heavy atom. The third-order valence-electron chi connectivity index (χ3n) is 3.54. The molecule has 0 saturated carbocycles. The minimum absolute atomic E-state index is 0.247. The molecule has 3 unspecified atom stereocenters. The van der Waals surface area contributed by atoms with E-state index in [2.05, 4.69) is 11.8 Å². The molecule has 0 spiro atoms. The molecule has 3 atom stereocenters. The number of nitrogens with two attached hydrogens (primary N) is 1. The SMILES string of the molecule is CCCC(C(=O)O)N1CCC(C)CC1CN. The van der Waals surface area contributed by atoms with Gasteiger partial charge in [-0.25, -0.2) is 0 Å². The van der Waals surface area contributed by atoms with Crippen molar-refractivity contribution in [1.82, 2.24) is 4.90 Å². The van der Waals surface area contributed by atoms with E-state index < -0.39 is 5.97 Å². The molecule has 1 fully saturated rings. The lowest BCUT2D eigenvalue weighted by atomic mass is 9.90. The highest BCUT2D eigenvalue weighted by Crippen LogP contribution is 2.25. The summed E-state index contributed by atoms with van der Waals surface area (Å²) in [5.41, 5.74) is 5.76. The number of rotatable bonds is 5. The molecule has 0 aromatic rings. The van der Waals surface area contributed by atoms with Crippen molar-refractivity contribution < 1.29 is 9.90 Å². The summed E-state index contributed by atoms with van der Waals surface area (Å²) in [6.45, 7) is 5.69. The highest BCUT2D eigenvalue weighted by atomic mass is 16.4. The second kappa shape index (κ2) is 6.21. The van der Waals surface area contributed by atoms with Gasteiger partial charge in [0.1, 0.15) is 6.04 Å². The number of piperidine rings is 1. The summed E-state index contributed by atoms with van der Waals surface area (Å²) in [5, 5.41) is 9.25. The maximum absolute atomic E-state index is 11.2. The van der Waals surface area contributed by atoms with Gasteiger partial charge >= 0.3 is 5.97 Å². The average Bonchev–Trinajstić information content (AvgIpc) is 2.26. The Morgan fingerprint density at radius 3 is 2.81 bits per heavy atom. The van der Waals surface area contributed by atoms with Crippen LogP contribution in [0, 0.1) is 5.92 Å². The fourth-order valence-corrected chi connectivity index (χ4v) is 2.62. The van der Waals surface area contributed by atoms with Gasteiger partial charge in [-0.15, -0.1) is 0 Å². The molecule has 16 heavy (non-hydrogen) atoms. The van der Waals surface area contributed by atoms with Crippen LogP contribution in [0.3, 0.4) is 0 Å². The van der Waals surface area contributed by atoms with Crippen LogP contribution >= 0.6 is 0 Å². The minimum atomic E-state index is -0.699. The van der Waals surface area contributed by atoms with Crippen molar-refractivity contribution in [2.75, 3.05) is 13.1 Å². The Bertz CT molecular complexity index is 233. The monoisotopic (exact) mass is 228 g/mol. The average molecular weight is 228 g/mol. The molecule has 0 aliphatic carbocycles. The Kier molecular flexibility index (Phi) is 5.22. The number of hydrogen-bond donors (Lipinski definition) is 2. The molecule has 94 valence electrons. The van der Waals surface area contributed by atoms with Crippen molar-refractivity contribution in [3.05, 3.63) is 0 Å². The van der Waals surface area contributed by atoms with Crippen LogP contribution in [0.2, 0.25) is 0 Å². The van der Waals surface area contributed by atoms with Gasteiger partial charge in [-0.3, -0.25) is 9.69 Å². The van der Waals surface area contributed by atoms with Gasteiger partial charge in [0.25, 0.3) is 0 Å². The van der Waals surface area contributed by atoms with Crippen molar-refractivity contribution >= 4 is 5.97 Å². The number of carbonyl (C=O) groups is 1. The quantitative estimate of drug-likeness (QED) is 0.744. The van der Waals surface area contributed by atoms with E-state index in [4.69, 9.17) is 5.73 Å². The molecule has 0 bridgehead atoms. The zero-order valence-electron chi connectivity index (χ0n) is 10.4. The van der Waals surface area contributed by atoms with E-state index in [0.717, 1.165) is 32.2 Å². The molecule has 4 nitrogen and oxygen atoms in total. The lowest BCUT2D eigenvalue weighted by Crippen LogP contribution is -2.53. The standard InChI is InChI=1S/C12H24N2O2/c1-3-4-11(12(15)16)14-6-5-9(2)7-10(14)8-13/h9-11H,3-8,13H2,1-2H3,(H,15,16). The Balaban J connectivity index is 2.70. The molecule has 0 aromatic carbocycles. The molecule has 1 aliphatic heterocycles. The van der Waals surface area contributed by atoms with Crippen LogP contribution in [-0.4, -0.2) is 41.1 Å². The summed E-state index contributed by atoms with van der Waals surface area (Å²) in [4.78, 5) is 13.4. The molecule has 1 saturated heterocycles. The van der Waals surface area contributed by atoms with Gasteiger partial charge in [-0.2, -0.15) is 0 Å². The Labute approximate surface area is 97.8 Å². The van der Waals surface area contributed by atoms with Crippen LogP contribution in [-0.2, 0) is 4.79 Å². The van der Waals surface area contributed by atoms with E-state index in [0.29, 0.717) is 12.5 Å². The summed E-state index contributed by atoms with van der Waals surface area (Å²) >= 11 is 0. The third-order valence-corrected chi connectivity index (χ3v) is 3.54. The van der Waals surface area contributed by atoms with E-state index in [1.807, 2.05) is 6.92 Å². The van der Waals surface area contributed by atoms with Crippen molar-refractivity contribution in [2.45, 2.75) is 51.6 Å². The predicted molar refractivity (Wildman–Crippen MR) is 64.3 cm³/mol. The fourth-order valence-electron chi connectivity index (χ4n) is 2.62. The van der Waals surface area contributed by atoms with Crippen molar-refractivity contribution in [3.63, 3.8) is 0 Å². The van der Waals surface area contributed by atoms with Gasteiger partial charge in [0.15, 0.2) is 0 Å². The minimum Gasteiger partial charge on any atom is -0.480 e. The highest BCUT2D eigenvalue weighted by Gasteiger charge is 2.33. The van der Waals surface area contributed by atoms with Gasteiger partial charge in [0.05, 0.1) is 0 Å². The predicted octanol–water partition coefficient (Wildman–Crippen LogP) is 1.30. The molecule has 3 N–H and O–H groups in total. The van der Waals surface area contributed by atoms with E-state index in [9.17, 15) is 9.90 Å². The van der Waals surface area contributed by atoms with Gasteiger partial charge in [-0.1, -0.05) is 20.3 Å². The maximum atomic E-state index is 11.2. The lowest BCUT2D eigenvalue weighted by Gasteiger charge is -2.41. The molecule has 1 heterocycles. The van der Waals surface area contributed by atoms with E-state index in [-0.39, 0.29) is 12.1 Å². The van der Waals surface area contributed by atoms with E-state index >= 15 is 0 Å². The first-order valence-electron chi connectivity index (χ1n) is 6.28. The lowest BCUT2D eigenvalue weighted by molar-refractivity contribution is -0.145. The smallest absolute Gasteiger partial charge is 0.320 e. The van der Waals surface area contributed by atoms with Gasteiger partial charge in [0.2, 0.25) is 0 Å². The van der Waals surface area contributed by atoms with Crippen LogP contribution in [0.4, 0.5) is 0 Å². The molecule has 4 heteroatoms. The van der Waals surface area contributed by atoms with Crippen LogP contribution in [0.1, 0.15) is 39.5 Å². The Hall–Kier alpha value is -0.610. The number of likely N-dealkylation sites (tertiary alicyclic amines) is 1. The van der Waals surface area contributed by atoms with Crippen LogP contribution in [0.15, 0.2) is 0 Å². The highest BCUT2D eigenvalue weighted by molar-refractivity contribution is 5.73. The molecule has 0 radical (unpaired) electrons. The maximum Gasteiger partial charge on any atom is 0.320 e.